The number of carbonyl (C=O) groups excluding carboxylic acids is 1. The molecule has 1 aromatic carbocycles. The molecule has 0 N–H and O–H groups in total. The van der Waals surface area contributed by atoms with Crippen molar-refractivity contribution in [3.05, 3.63) is 54.4 Å². The second kappa shape index (κ2) is 7.13. The van der Waals surface area contributed by atoms with Crippen LogP contribution in [0, 0.1) is 0 Å². The highest BCUT2D eigenvalue weighted by Gasteiger charge is 2.33. The van der Waals surface area contributed by atoms with Crippen molar-refractivity contribution in [1.29, 1.82) is 0 Å². The molecule has 0 radical (unpaired) electrons. The third-order valence-corrected chi connectivity index (χ3v) is 3.84. The summed E-state index contributed by atoms with van der Waals surface area (Å²) in [7, 11) is 1.65. The minimum Gasteiger partial charge on any atom is -0.496 e. The molecule has 2 aromatic rings. The minimum atomic E-state index is -0.0118. The molecular weight excluding hydrogens is 292 g/mol. The molecule has 0 spiro atoms. The molecule has 0 bridgehead atoms. The SMILES string of the molecule is COc1ccccc1CN(C(=O)COc1cccnc1)C1CC1. The number of nitrogens with zero attached hydrogens (tertiary/aromatic N) is 2. The molecular formula is C18H20N2O3. The highest BCUT2D eigenvalue weighted by molar-refractivity contribution is 5.78. The molecule has 0 atom stereocenters. The lowest BCUT2D eigenvalue weighted by Crippen LogP contribution is -2.36. The average Bonchev–Trinajstić information content (AvgIpc) is 3.43. The Balaban J connectivity index is 1.65. The summed E-state index contributed by atoms with van der Waals surface area (Å²) in [5.74, 6) is 1.40. The van der Waals surface area contributed by atoms with Crippen molar-refractivity contribution in [2.24, 2.45) is 0 Å². The van der Waals surface area contributed by atoms with E-state index in [9.17, 15) is 4.79 Å². The Morgan fingerprint density at radius 1 is 1.26 bits per heavy atom. The fourth-order valence-electron chi connectivity index (χ4n) is 2.48. The Morgan fingerprint density at radius 3 is 2.78 bits per heavy atom. The largest absolute Gasteiger partial charge is 0.496 e. The number of aromatic nitrogens is 1. The van der Waals surface area contributed by atoms with Crippen molar-refractivity contribution in [3.8, 4) is 11.5 Å². The molecule has 5 heteroatoms. The van der Waals surface area contributed by atoms with Crippen LogP contribution >= 0.6 is 0 Å². The maximum Gasteiger partial charge on any atom is 0.261 e. The second-order valence-corrected chi connectivity index (χ2v) is 5.54. The first-order valence-corrected chi connectivity index (χ1v) is 7.72. The Hall–Kier alpha value is -2.56. The first-order valence-electron chi connectivity index (χ1n) is 7.72. The Morgan fingerprint density at radius 2 is 2.09 bits per heavy atom. The van der Waals surface area contributed by atoms with Gasteiger partial charge in [-0.15, -0.1) is 0 Å². The lowest BCUT2D eigenvalue weighted by Gasteiger charge is -2.23. The molecule has 1 heterocycles. The van der Waals surface area contributed by atoms with E-state index in [1.54, 1.807) is 31.6 Å². The predicted molar refractivity (Wildman–Crippen MR) is 86.3 cm³/mol. The smallest absolute Gasteiger partial charge is 0.261 e. The number of amides is 1. The van der Waals surface area contributed by atoms with Crippen LogP contribution in [0.2, 0.25) is 0 Å². The van der Waals surface area contributed by atoms with E-state index in [0.29, 0.717) is 18.3 Å². The third kappa shape index (κ3) is 4.00. The molecule has 23 heavy (non-hydrogen) atoms. The zero-order valence-corrected chi connectivity index (χ0v) is 13.1. The summed E-state index contributed by atoms with van der Waals surface area (Å²) in [6, 6.07) is 11.7. The van der Waals surface area contributed by atoms with Crippen molar-refractivity contribution in [2.75, 3.05) is 13.7 Å². The van der Waals surface area contributed by atoms with Crippen LogP contribution in [0.15, 0.2) is 48.8 Å². The number of methoxy groups -OCH3 is 1. The minimum absolute atomic E-state index is 0.0118. The first kappa shape index (κ1) is 15.3. The van der Waals surface area contributed by atoms with E-state index in [1.807, 2.05) is 29.2 Å². The summed E-state index contributed by atoms with van der Waals surface area (Å²) in [5.41, 5.74) is 1.01. The number of carbonyl (C=O) groups is 1. The summed E-state index contributed by atoms with van der Waals surface area (Å²) in [4.78, 5) is 18.4. The van der Waals surface area contributed by atoms with Gasteiger partial charge >= 0.3 is 0 Å². The van der Waals surface area contributed by atoms with E-state index in [2.05, 4.69) is 4.98 Å². The number of pyridine rings is 1. The van der Waals surface area contributed by atoms with E-state index in [4.69, 9.17) is 9.47 Å². The van der Waals surface area contributed by atoms with Gasteiger partial charge in [0.05, 0.1) is 13.3 Å². The summed E-state index contributed by atoms with van der Waals surface area (Å²) < 4.78 is 10.9. The molecule has 1 aromatic heterocycles. The fraction of sp³-hybridized carbons (Fsp3) is 0.333. The summed E-state index contributed by atoms with van der Waals surface area (Å²) in [6.45, 7) is 0.571. The average molecular weight is 312 g/mol. The van der Waals surface area contributed by atoms with E-state index in [1.165, 1.54) is 0 Å². The van der Waals surface area contributed by atoms with Gasteiger partial charge in [0.25, 0.3) is 5.91 Å². The van der Waals surface area contributed by atoms with Gasteiger partial charge in [0.15, 0.2) is 6.61 Å². The third-order valence-electron chi connectivity index (χ3n) is 3.84. The number of para-hydroxylation sites is 1. The molecule has 1 aliphatic rings. The fourth-order valence-corrected chi connectivity index (χ4v) is 2.48. The van der Waals surface area contributed by atoms with Gasteiger partial charge in [-0.3, -0.25) is 9.78 Å². The Bertz CT molecular complexity index is 656. The van der Waals surface area contributed by atoms with Gasteiger partial charge < -0.3 is 14.4 Å². The standard InChI is InChI=1S/C18H20N2O3/c1-22-17-7-3-2-5-14(17)12-20(15-8-9-15)18(21)13-23-16-6-4-10-19-11-16/h2-7,10-11,15H,8-9,12-13H2,1H3. The van der Waals surface area contributed by atoms with Gasteiger partial charge in [-0.25, -0.2) is 0 Å². The lowest BCUT2D eigenvalue weighted by atomic mass is 10.2. The molecule has 120 valence electrons. The van der Waals surface area contributed by atoms with Crippen molar-refractivity contribution in [2.45, 2.75) is 25.4 Å². The highest BCUT2D eigenvalue weighted by Crippen LogP contribution is 2.30. The lowest BCUT2D eigenvalue weighted by molar-refractivity contribution is -0.134. The van der Waals surface area contributed by atoms with Crippen LogP contribution < -0.4 is 9.47 Å². The topological polar surface area (TPSA) is 51.7 Å². The van der Waals surface area contributed by atoms with Gasteiger partial charge in [-0.1, -0.05) is 18.2 Å². The van der Waals surface area contributed by atoms with Crippen molar-refractivity contribution < 1.29 is 14.3 Å². The van der Waals surface area contributed by atoms with Crippen LogP contribution in [0.5, 0.6) is 11.5 Å². The van der Waals surface area contributed by atoms with Crippen molar-refractivity contribution in [1.82, 2.24) is 9.88 Å². The van der Waals surface area contributed by atoms with Crippen molar-refractivity contribution in [3.63, 3.8) is 0 Å². The number of hydrogen-bond donors (Lipinski definition) is 0. The summed E-state index contributed by atoms with van der Waals surface area (Å²) in [5, 5.41) is 0. The monoisotopic (exact) mass is 312 g/mol. The number of ether oxygens (including phenoxy) is 2. The van der Waals surface area contributed by atoms with Gasteiger partial charge in [0, 0.05) is 24.3 Å². The van der Waals surface area contributed by atoms with Gasteiger partial charge in [-0.05, 0) is 31.0 Å². The molecule has 1 aliphatic carbocycles. The van der Waals surface area contributed by atoms with Gasteiger partial charge in [0.2, 0.25) is 0 Å². The zero-order valence-electron chi connectivity index (χ0n) is 13.1. The normalized spacial score (nSPS) is 13.4. The van der Waals surface area contributed by atoms with E-state index in [0.717, 1.165) is 24.2 Å². The molecule has 1 amide bonds. The molecule has 1 saturated carbocycles. The van der Waals surface area contributed by atoms with Crippen LogP contribution in [0.1, 0.15) is 18.4 Å². The molecule has 5 nitrogen and oxygen atoms in total. The van der Waals surface area contributed by atoms with Crippen LogP contribution in [-0.4, -0.2) is 35.5 Å². The van der Waals surface area contributed by atoms with E-state index in [-0.39, 0.29) is 12.5 Å². The van der Waals surface area contributed by atoms with Crippen LogP contribution in [0.4, 0.5) is 0 Å². The maximum absolute atomic E-state index is 12.5. The van der Waals surface area contributed by atoms with E-state index >= 15 is 0 Å². The van der Waals surface area contributed by atoms with Gasteiger partial charge in [0.1, 0.15) is 11.5 Å². The van der Waals surface area contributed by atoms with Crippen molar-refractivity contribution >= 4 is 5.91 Å². The molecule has 0 unspecified atom stereocenters. The second-order valence-electron chi connectivity index (χ2n) is 5.54. The Kier molecular flexibility index (Phi) is 4.76. The number of hydrogen-bond acceptors (Lipinski definition) is 4. The molecule has 1 fully saturated rings. The Labute approximate surface area is 135 Å². The number of benzene rings is 1. The van der Waals surface area contributed by atoms with Crippen LogP contribution in [0.3, 0.4) is 0 Å². The number of rotatable bonds is 7. The first-order chi connectivity index (χ1) is 11.3. The van der Waals surface area contributed by atoms with Crippen LogP contribution in [0.25, 0.3) is 0 Å². The van der Waals surface area contributed by atoms with E-state index < -0.39 is 0 Å². The highest BCUT2D eigenvalue weighted by atomic mass is 16.5. The summed E-state index contributed by atoms with van der Waals surface area (Å²) >= 11 is 0. The molecule has 0 aliphatic heterocycles. The molecule has 3 rings (SSSR count). The summed E-state index contributed by atoms with van der Waals surface area (Å²) in [6.07, 6.45) is 5.38. The van der Waals surface area contributed by atoms with Gasteiger partial charge in [-0.2, -0.15) is 0 Å². The quantitative estimate of drug-likeness (QED) is 0.789. The van der Waals surface area contributed by atoms with Crippen LogP contribution in [-0.2, 0) is 11.3 Å². The zero-order chi connectivity index (χ0) is 16.1. The molecule has 0 saturated heterocycles. The predicted octanol–water partition coefficient (Wildman–Crippen LogP) is 2.66. The maximum atomic E-state index is 12.5.